The van der Waals surface area contributed by atoms with E-state index in [9.17, 15) is 15.3 Å². The summed E-state index contributed by atoms with van der Waals surface area (Å²) in [4.78, 5) is 0. The highest BCUT2D eigenvalue weighted by molar-refractivity contribution is 6.31. The van der Waals surface area contributed by atoms with E-state index < -0.39 is 30.5 Å². The summed E-state index contributed by atoms with van der Waals surface area (Å²) < 4.78 is 10.9. The Labute approximate surface area is 157 Å². The van der Waals surface area contributed by atoms with Crippen molar-refractivity contribution < 1.29 is 24.8 Å². The van der Waals surface area contributed by atoms with E-state index in [1.54, 1.807) is 26.2 Å². The zero-order chi connectivity index (χ0) is 18.8. The largest absolute Gasteiger partial charge is 0.497 e. The van der Waals surface area contributed by atoms with Crippen LogP contribution in [0.2, 0.25) is 5.02 Å². The third-order valence-electron chi connectivity index (χ3n) is 4.80. The second-order valence-electron chi connectivity index (χ2n) is 6.61. The number of methoxy groups -OCH3 is 1. The van der Waals surface area contributed by atoms with Crippen LogP contribution in [0.25, 0.3) is 0 Å². The minimum Gasteiger partial charge on any atom is -0.497 e. The van der Waals surface area contributed by atoms with Gasteiger partial charge in [-0.1, -0.05) is 35.9 Å². The summed E-state index contributed by atoms with van der Waals surface area (Å²) in [5, 5.41) is 30.8. The average Bonchev–Trinajstić information content (AvgIpc) is 2.65. The highest BCUT2D eigenvalue weighted by Gasteiger charge is 2.42. The Morgan fingerprint density at radius 1 is 1.00 bits per heavy atom. The van der Waals surface area contributed by atoms with Crippen LogP contribution >= 0.6 is 11.6 Å². The summed E-state index contributed by atoms with van der Waals surface area (Å²) in [6.07, 6.45) is -4.29. The lowest BCUT2D eigenvalue weighted by atomic mass is 9.90. The second kappa shape index (κ2) is 7.94. The molecule has 2 aromatic carbocycles. The molecule has 0 radical (unpaired) electrons. The van der Waals surface area contributed by atoms with E-state index in [1.807, 2.05) is 30.3 Å². The van der Waals surface area contributed by atoms with Gasteiger partial charge in [-0.3, -0.25) is 0 Å². The van der Waals surface area contributed by atoms with Crippen molar-refractivity contribution >= 4 is 11.6 Å². The van der Waals surface area contributed by atoms with E-state index in [1.165, 1.54) is 0 Å². The highest BCUT2D eigenvalue weighted by atomic mass is 35.5. The van der Waals surface area contributed by atoms with Gasteiger partial charge >= 0.3 is 0 Å². The van der Waals surface area contributed by atoms with Crippen molar-refractivity contribution in [2.75, 3.05) is 7.11 Å². The molecule has 1 aliphatic rings. The Bertz CT molecular complexity index is 748. The first-order valence-corrected chi connectivity index (χ1v) is 8.89. The van der Waals surface area contributed by atoms with Gasteiger partial charge < -0.3 is 24.8 Å². The van der Waals surface area contributed by atoms with E-state index in [-0.39, 0.29) is 0 Å². The number of aliphatic hydroxyl groups is 3. The lowest BCUT2D eigenvalue weighted by molar-refractivity contribution is -0.219. The Balaban J connectivity index is 1.85. The maximum atomic E-state index is 10.3. The Hall–Kier alpha value is -1.63. The zero-order valence-corrected chi connectivity index (χ0v) is 15.4. The minimum atomic E-state index is -1.26. The molecule has 5 atom stereocenters. The SMILES string of the molecule is COc1ccc(Cc2cc([C@@H]3O[C@H](C)[C@@H](O)[C@H](O)[C@H]3O)ccc2Cl)cc1. The molecule has 1 heterocycles. The van der Waals surface area contributed by atoms with Gasteiger partial charge in [-0.2, -0.15) is 0 Å². The normalized spacial score (nSPS) is 28.8. The topological polar surface area (TPSA) is 79.2 Å². The summed E-state index contributed by atoms with van der Waals surface area (Å²) in [7, 11) is 1.62. The molecule has 0 amide bonds. The van der Waals surface area contributed by atoms with Gasteiger partial charge in [0, 0.05) is 5.02 Å². The molecule has 26 heavy (non-hydrogen) atoms. The third kappa shape index (κ3) is 3.87. The number of rotatable bonds is 4. The number of aliphatic hydroxyl groups excluding tert-OH is 3. The summed E-state index contributed by atoms with van der Waals surface area (Å²) >= 11 is 6.34. The molecule has 0 saturated carbocycles. The van der Waals surface area contributed by atoms with Crippen molar-refractivity contribution in [1.82, 2.24) is 0 Å². The lowest BCUT2D eigenvalue weighted by Crippen LogP contribution is -2.53. The zero-order valence-electron chi connectivity index (χ0n) is 14.7. The molecule has 0 unspecified atom stereocenters. The fourth-order valence-electron chi connectivity index (χ4n) is 3.20. The van der Waals surface area contributed by atoms with Crippen LogP contribution in [0.4, 0.5) is 0 Å². The van der Waals surface area contributed by atoms with Crippen molar-refractivity contribution in [2.24, 2.45) is 0 Å². The summed E-state index contributed by atoms with van der Waals surface area (Å²) in [6.45, 7) is 1.67. The fraction of sp³-hybridized carbons (Fsp3) is 0.400. The molecule has 0 bridgehead atoms. The summed E-state index contributed by atoms with van der Waals surface area (Å²) in [5.41, 5.74) is 2.67. The lowest BCUT2D eigenvalue weighted by Gasteiger charge is -2.39. The van der Waals surface area contributed by atoms with Crippen LogP contribution in [0.3, 0.4) is 0 Å². The van der Waals surface area contributed by atoms with Gasteiger partial charge in [0.1, 0.15) is 30.2 Å². The van der Waals surface area contributed by atoms with Crippen molar-refractivity contribution in [1.29, 1.82) is 0 Å². The van der Waals surface area contributed by atoms with Crippen LogP contribution in [0.15, 0.2) is 42.5 Å². The predicted molar refractivity (Wildman–Crippen MR) is 98.6 cm³/mol. The Morgan fingerprint density at radius 2 is 1.69 bits per heavy atom. The van der Waals surface area contributed by atoms with E-state index >= 15 is 0 Å². The van der Waals surface area contributed by atoms with Crippen LogP contribution in [0, 0.1) is 0 Å². The molecular formula is C20H23ClO5. The molecule has 0 aliphatic carbocycles. The quantitative estimate of drug-likeness (QED) is 0.761. The van der Waals surface area contributed by atoms with Gasteiger partial charge in [0.05, 0.1) is 13.2 Å². The molecule has 0 aromatic heterocycles. The van der Waals surface area contributed by atoms with E-state index in [2.05, 4.69) is 0 Å². The number of halogens is 1. The molecule has 6 heteroatoms. The van der Waals surface area contributed by atoms with E-state index in [4.69, 9.17) is 21.1 Å². The van der Waals surface area contributed by atoms with E-state index in [0.717, 1.165) is 16.9 Å². The predicted octanol–water partition coefficient (Wildman–Crippen LogP) is 2.48. The van der Waals surface area contributed by atoms with Gasteiger partial charge in [-0.25, -0.2) is 0 Å². The molecule has 5 nitrogen and oxygen atoms in total. The van der Waals surface area contributed by atoms with Crippen LogP contribution in [0.5, 0.6) is 5.75 Å². The molecule has 0 spiro atoms. The maximum Gasteiger partial charge on any atom is 0.118 e. The third-order valence-corrected chi connectivity index (χ3v) is 5.17. The average molecular weight is 379 g/mol. The number of benzene rings is 2. The van der Waals surface area contributed by atoms with Gasteiger partial charge in [-0.15, -0.1) is 0 Å². The Kier molecular flexibility index (Phi) is 5.85. The van der Waals surface area contributed by atoms with Gasteiger partial charge in [0.25, 0.3) is 0 Å². The maximum absolute atomic E-state index is 10.3. The number of ether oxygens (including phenoxy) is 2. The van der Waals surface area contributed by atoms with Gasteiger partial charge in [0.2, 0.25) is 0 Å². The van der Waals surface area contributed by atoms with Crippen molar-refractivity contribution in [2.45, 2.75) is 43.9 Å². The Morgan fingerprint density at radius 3 is 2.35 bits per heavy atom. The molecule has 3 N–H and O–H groups in total. The standard InChI is InChI=1S/C20H23ClO5/c1-11-17(22)18(23)19(24)20(26-11)13-5-8-16(21)14(10-13)9-12-3-6-15(25-2)7-4-12/h3-8,10-11,17-20,22-24H,9H2,1-2H3/t11-,17-,18+,19-,20+/m1/s1. The molecule has 1 fully saturated rings. The molecule has 1 saturated heterocycles. The minimum absolute atomic E-state index is 0.584. The van der Waals surface area contributed by atoms with Crippen molar-refractivity contribution in [3.8, 4) is 5.75 Å². The van der Waals surface area contributed by atoms with Crippen molar-refractivity contribution in [3.05, 3.63) is 64.2 Å². The van der Waals surface area contributed by atoms with Crippen LogP contribution in [-0.4, -0.2) is 46.8 Å². The first kappa shape index (κ1) is 19.1. The second-order valence-corrected chi connectivity index (χ2v) is 7.02. The van der Waals surface area contributed by atoms with Gasteiger partial charge in [-0.05, 0) is 48.2 Å². The monoisotopic (exact) mass is 378 g/mol. The van der Waals surface area contributed by atoms with Gasteiger partial charge in [0.15, 0.2) is 0 Å². The van der Waals surface area contributed by atoms with Crippen LogP contribution in [-0.2, 0) is 11.2 Å². The number of hydrogen-bond donors (Lipinski definition) is 3. The first-order valence-electron chi connectivity index (χ1n) is 8.51. The smallest absolute Gasteiger partial charge is 0.118 e. The molecule has 140 valence electrons. The fourth-order valence-corrected chi connectivity index (χ4v) is 3.38. The van der Waals surface area contributed by atoms with Crippen molar-refractivity contribution in [3.63, 3.8) is 0 Å². The first-order chi connectivity index (χ1) is 12.4. The molecule has 1 aliphatic heterocycles. The molecule has 3 rings (SSSR count). The molecular weight excluding hydrogens is 356 g/mol. The highest BCUT2D eigenvalue weighted by Crippen LogP contribution is 2.34. The molecule has 2 aromatic rings. The van der Waals surface area contributed by atoms with Crippen LogP contribution in [0.1, 0.15) is 29.7 Å². The van der Waals surface area contributed by atoms with E-state index in [0.29, 0.717) is 17.0 Å². The summed E-state index contributed by atoms with van der Waals surface area (Å²) in [6, 6.07) is 13.1. The van der Waals surface area contributed by atoms with Crippen LogP contribution < -0.4 is 4.74 Å². The number of hydrogen-bond acceptors (Lipinski definition) is 5. The summed E-state index contributed by atoms with van der Waals surface area (Å²) in [5.74, 6) is 0.786.